The minimum absolute atomic E-state index is 0. The Morgan fingerprint density at radius 2 is 1.74 bits per heavy atom. The van der Waals surface area contributed by atoms with E-state index in [1.165, 1.54) is 12.8 Å². The predicted molar refractivity (Wildman–Crippen MR) is 95.4 cm³/mol. The van der Waals surface area contributed by atoms with Crippen LogP contribution in [0, 0.1) is 20.8 Å². The van der Waals surface area contributed by atoms with Gasteiger partial charge >= 0.3 is 0 Å². The number of hydrogen-bond donors (Lipinski definition) is 1. The lowest BCUT2D eigenvalue weighted by Gasteiger charge is -2.12. The Morgan fingerprint density at radius 1 is 1.09 bits per heavy atom. The molecular weight excluding hydrogens is 310 g/mol. The van der Waals surface area contributed by atoms with Gasteiger partial charge in [-0.15, -0.1) is 12.4 Å². The van der Waals surface area contributed by atoms with E-state index in [0.717, 1.165) is 47.2 Å². The van der Waals surface area contributed by atoms with E-state index >= 15 is 0 Å². The second kappa shape index (κ2) is 7.75. The first-order valence-electron chi connectivity index (χ1n) is 7.92. The van der Waals surface area contributed by atoms with Crippen molar-refractivity contribution in [3.8, 4) is 17.1 Å². The zero-order chi connectivity index (χ0) is 15.5. The third kappa shape index (κ3) is 4.21. The molecule has 3 rings (SSSR count). The normalized spacial score (nSPS) is 16.9. The predicted octanol–water partition coefficient (Wildman–Crippen LogP) is 3.62. The van der Waals surface area contributed by atoms with Crippen LogP contribution in [0.15, 0.2) is 24.3 Å². The molecule has 1 N–H and O–H groups in total. The van der Waals surface area contributed by atoms with Crippen LogP contribution in [-0.4, -0.2) is 29.2 Å². The van der Waals surface area contributed by atoms with Gasteiger partial charge in [0.25, 0.3) is 0 Å². The molecule has 0 saturated carbocycles. The number of rotatable bonds is 4. The number of halogens is 1. The summed E-state index contributed by atoms with van der Waals surface area (Å²) in [4.78, 5) is 9.16. The van der Waals surface area contributed by atoms with Crippen molar-refractivity contribution in [2.75, 3.05) is 13.2 Å². The van der Waals surface area contributed by atoms with Gasteiger partial charge in [-0.1, -0.05) is 0 Å². The summed E-state index contributed by atoms with van der Waals surface area (Å²) in [6.07, 6.45) is 2.45. The molecule has 1 atom stereocenters. The maximum absolute atomic E-state index is 5.84. The number of aromatic nitrogens is 2. The highest BCUT2D eigenvalue weighted by molar-refractivity contribution is 5.85. The standard InChI is InChI=1S/C18H23N3O.ClH/c1-12-13(2)20-18(21-14(12)3)15-6-8-17(9-7-15)22-11-16-5-4-10-19-16;/h6-9,16,19H,4-5,10-11H2,1-3H3;1H. The third-order valence-electron chi connectivity index (χ3n) is 4.36. The van der Waals surface area contributed by atoms with Crippen LogP contribution < -0.4 is 10.1 Å². The van der Waals surface area contributed by atoms with Crippen molar-refractivity contribution >= 4 is 12.4 Å². The summed E-state index contributed by atoms with van der Waals surface area (Å²) < 4.78 is 5.84. The quantitative estimate of drug-likeness (QED) is 0.928. The molecule has 0 spiro atoms. The Labute approximate surface area is 144 Å². The van der Waals surface area contributed by atoms with Gasteiger partial charge in [-0.2, -0.15) is 0 Å². The van der Waals surface area contributed by atoms with Gasteiger partial charge < -0.3 is 10.1 Å². The number of nitrogens with zero attached hydrogens (tertiary/aromatic N) is 2. The average Bonchev–Trinajstić information content (AvgIpc) is 3.04. The molecule has 2 aromatic rings. The Balaban J connectivity index is 0.00000192. The number of nitrogens with one attached hydrogen (secondary N) is 1. The van der Waals surface area contributed by atoms with Crippen molar-refractivity contribution in [3.05, 3.63) is 41.2 Å². The molecule has 1 aromatic carbocycles. The molecule has 5 heteroatoms. The first kappa shape index (κ1) is 17.7. The van der Waals surface area contributed by atoms with Crippen LogP contribution in [-0.2, 0) is 0 Å². The molecule has 1 aliphatic rings. The molecule has 0 amide bonds. The van der Waals surface area contributed by atoms with Crippen molar-refractivity contribution in [3.63, 3.8) is 0 Å². The lowest BCUT2D eigenvalue weighted by Crippen LogP contribution is -2.28. The number of aryl methyl sites for hydroxylation is 2. The van der Waals surface area contributed by atoms with E-state index in [2.05, 4.69) is 22.2 Å². The summed E-state index contributed by atoms with van der Waals surface area (Å²) in [6, 6.07) is 8.54. The van der Waals surface area contributed by atoms with Crippen LogP contribution in [0.2, 0.25) is 0 Å². The van der Waals surface area contributed by atoms with Crippen LogP contribution >= 0.6 is 12.4 Å². The molecule has 23 heavy (non-hydrogen) atoms. The molecule has 1 aliphatic heterocycles. The van der Waals surface area contributed by atoms with Crippen molar-refractivity contribution in [1.82, 2.24) is 15.3 Å². The highest BCUT2D eigenvalue weighted by Gasteiger charge is 2.14. The molecule has 1 unspecified atom stereocenters. The van der Waals surface area contributed by atoms with E-state index in [1.54, 1.807) is 0 Å². The Hall–Kier alpha value is -1.65. The van der Waals surface area contributed by atoms with Gasteiger partial charge in [0.05, 0.1) is 0 Å². The minimum atomic E-state index is 0. The first-order chi connectivity index (χ1) is 10.6. The van der Waals surface area contributed by atoms with Gasteiger partial charge in [-0.05, 0) is 70.0 Å². The Bertz CT molecular complexity index is 629. The van der Waals surface area contributed by atoms with E-state index in [9.17, 15) is 0 Å². The van der Waals surface area contributed by atoms with Crippen molar-refractivity contribution in [2.45, 2.75) is 39.7 Å². The monoisotopic (exact) mass is 333 g/mol. The summed E-state index contributed by atoms with van der Waals surface area (Å²) in [7, 11) is 0. The maximum Gasteiger partial charge on any atom is 0.159 e. The van der Waals surface area contributed by atoms with E-state index in [0.29, 0.717) is 6.04 Å². The van der Waals surface area contributed by atoms with Crippen molar-refractivity contribution in [1.29, 1.82) is 0 Å². The number of hydrogen-bond acceptors (Lipinski definition) is 4. The third-order valence-corrected chi connectivity index (χ3v) is 4.36. The lowest BCUT2D eigenvalue weighted by atomic mass is 10.1. The maximum atomic E-state index is 5.84. The molecular formula is C18H24ClN3O. The fraction of sp³-hybridized carbons (Fsp3) is 0.444. The van der Waals surface area contributed by atoms with Gasteiger partial charge in [0.15, 0.2) is 5.82 Å². The Morgan fingerprint density at radius 3 is 2.30 bits per heavy atom. The molecule has 1 saturated heterocycles. The van der Waals surface area contributed by atoms with Gasteiger partial charge in [0.1, 0.15) is 12.4 Å². The Kier molecular flexibility index (Phi) is 5.97. The van der Waals surface area contributed by atoms with Gasteiger partial charge in [-0.3, -0.25) is 0 Å². The zero-order valence-electron chi connectivity index (χ0n) is 13.9. The number of benzene rings is 1. The summed E-state index contributed by atoms with van der Waals surface area (Å²) in [5, 5.41) is 3.44. The molecule has 1 aromatic heterocycles. The van der Waals surface area contributed by atoms with Crippen LogP contribution in [0.5, 0.6) is 5.75 Å². The van der Waals surface area contributed by atoms with E-state index < -0.39 is 0 Å². The topological polar surface area (TPSA) is 47.0 Å². The van der Waals surface area contributed by atoms with Gasteiger partial charge in [0, 0.05) is 23.0 Å². The SMILES string of the molecule is Cc1nc(-c2ccc(OCC3CCCN3)cc2)nc(C)c1C.Cl. The average molecular weight is 334 g/mol. The molecule has 4 nitrogen and oxygen atoms in total. The minimum Gasteiger partial charge on any atom is -0.492 e. The second-order valence-corrected chi connectivity index (χ2v) is 5.97. The summed E-state index contributed by atoms with van der Waals surface area (Å²) >= 11 is 0. The highest BCUT2D eigenvalue weighted by Crippen LogP contribution is 2.22. The first-order valence-corrected chi connectivity index (χ1v) is 7.92. The molecule has 0 radical (unpaired) electrons. The molecule has 2 heterocycles. The van der Waals surface area contributed by atoms with Crippen LogP contribution in [0.3, 0.4) is 0 Å². The number of ether oxygens (including phenoxy) is 1. The summed E-state index contributed by atoms with van der Waals surface area (Å²) in [6.45, 7) is 7.96. The molecule has 1 fully saturated rings. The molecule has 0 aliphatic carbocycles. The summed E-state index contributed by atoms with van der Waals surface area (Å²) in [5.41, 5.74) is 4.26. The van der Waals surface area contributed by atoms with E-state index in [1.807, 2.05) is 38.1 Å². The zero-order valence-corrected chi connectivity index (χ0v) is 14.7. The highest BCUT2D eigenvalue weighted by atomic mass is 35.5. The van der Waals surface area contributed by atoms with Crippen LogP contribution in [0.4, 0.5) is 0 Å². The second-order valence-electron chi connectivity index (χ2n) is 5.97. The lowest BCUT2D eigenvalue weighted by molar-refractivity contribution is 0.277. The molecule has 124 valence electrons. The largest absolute Gasteiger partial charge is 0.492 e. The van der Waals surface area contributed by atoms with Crippen LogP contribution in [0.1, 0.15) is 29.8 Å². The van der Waals surface area contributed by atoms with E-state index in [4.69, 9.17) is 4.74 Å². The molecule has 0 bridgehead atoms. The van der Waals surface area contributed by atoms with Crippen molar-refractivity contribution < 1.29 is 4.74 Å². The van der Waals surface area contributed by atoms with Gasteiger partial charge in [-0.25, -0.2) is 9.97 Å². The fourth-order valence-electron chi connectivity index (χ4n) is 2.70. The van der Waals surface area contributed by atoms with Crippen LogP contribution in [0.25, 0.3) is 11.4 Å². The smallest absolute Gasteiger partial charge is 0.159 e. The fourth-order valence-corrected chi connectivity index (χ4v) is 2.70. The van der Waals surface area contributed by atoms with Crippen molar-refractivity contribution in [2.24, 2.45) is 0 Å². The van der Waals surface area contributed by atoms with Gasteiger partial charge in [0.2, 0.25) is 0 Å². The van der Waals surface area contributed by atoms with E-state index in [-0.39, 0.29) is 12.4 Å². The summed E-state index contributed by atoms with van der Waals surface area (Å²) in [5.74, 6) is 1.68.